The Morgan fingerprint density at radius 2 is 1.87 bits per heavy atom. The molecule has 0 aliphatic heterocycles. The van der Waals surface area contributed by atoms with Crippen LogP contribution < -0.4 is 10.6 Å². The monoisotopic (exact) mass is 429 g/mol. The quantitative estimate of drug-likeness (QED) is 0.672. The van der Waals surface area contributed by atoms with Gasteiger partial charge < -0.3 is 10.6 Å². The fraction of sp³-hybridized carbons (Fsp3) is 0.435. The highest BCUT2D eigenvalue weighted by molar-refractivity contribution is 7.89. The number of hydrogen-bond donors (Lipinski definition) is 2. The number of sulfonamides is 1. The molecular formula is C23H31N3O3S. The second kappa shape index (κ2) is 9.62. The lowest BCUT2D eigenvalue weighted by molar-refractivity contribution is -0.120. The van der Waals surface area contributed by atoms with Crippen LogP contribution in [0.4, 0.5) is 5.69 Å². The van der Waals surface area contributed by atoms with Crippen LogP contribution in [-0.4, -0.2) is 38.3 Å². The second-order valence-electron chi connectivity index (χ2n) is 7.63. The van der Waals surface area contributed by atoms with Crippen molar-refractivity contribution in [1.29, 1.82) is 0 Å². The summed E-state index contributed by atoms with van der Waals surface area (Å²) in [5.74, 6) is -0.106. The van der Waals surface area contributed by atoms with Gasteiger partial charge in [0.2, 0.25) is 15.9 Å². The van der Waals surface area contributed by atoms with Crippen molar-refractivity contribution in [1.82, 2.24) is 9.62 Å². The minimum atomic E-state index is -3.56. The molecule has 7 heteroatoms. The molecule has 0 saturated carbocycles. The molecular weight excluding hydrogens is 398 g/mol. The topological polar surface area (TPSA) is 78.5 Å². The molecule has 0 spiro atoms. The van der Waals surface area contributed by atoms with Crippen LogP contribution in [0.1, 0.15) is 49.4 Å². The zero-order valence-corrected chi connectivity index (χ0v) is 18.8. The first-order valence-corrected chi connectivity index (χ1v) is 12.0. The van der Waals surface area contributed by atoms with E-state index < -0.39 is 10.0 Å². The van der Waals surface area contributed by atoms with E-state index >= 15 is 0 Å². The Balaban J connectivity index is 1.67. The lowest BCUT2D eigenvalue weighted by Crippen LogP contribution is -2.35. The summed E-state index contributed by atoms with van der Waals surface area (Å²) in [5, 5.41) is 6.19. The van der Waals surface area contributed by atoms with Gasteiger partial charge in [-0.25, -0.2) is 8.42 Å². The maximum Gasteiger partial charge on any atom is 0.243 e. The van der Waals surface area contributed by atoms with E-state index in [1.807, 2.05) is 26.0 Å². The largest absolute Gasteiger partial charge is 0.376 e. The van der Waals surface area contributed by atoms with Crippen LogP contribution in [-0.2, 0) is 21.2 Å². The van der Waals surface area contributed by atoms with Gasteiger partial charge in [0, 0.05) is 18.8 Å². The van der Waals surface area contributed by atoms with Gasteiger partial charge in [0.25, 0.3) is 0 Å². The third kappa shape index (κ3) is 4.84. The summed E-state index contributed by atoms with van der Waals surface area (Å²) in [6, 6.07) is 13.5. The highest BCUT2D eigenvalue weighted by Crippen LogP contribution is 2.29. The third-order valence-electron chi connectivity index (χ3n) is 5.67. The Labute approximate surface area is 179 Å². The zero-order chi connectivity index (χ0) is 21.7. The van der Waals surface area contributed by atoms with E-state index in [2.05, 4.69) is 22.8 Å². The molecule has 3 rings (SSSR count). The molecule has 2 aromatic rings. The maximum absolute atomic E-state index is 12.9. The van der Waals surface area contributed by atoms with Gasteiger partial charge >= 0.3 is 0 Å². The number of nitrogens with zero attached hydrogens (tertiary/aromatic N) is 1. The van der Waals surface area contributed by atoms with Gasteiger partial charge in [-0.05, 0) is 55.0 Å². The van der Waals surface area contributed by atoms with Crippen LogP contribution in [0.3, 0.4) is 0 Å². The molecule has 0 aromatic heterocycles. The Kier molecular flexibility index (Phi) is 7.15. The first-order valence-electron chi connectivity index (χ1n) is 10.6. The van der Waals surface area contributed by atoms with Gasteiger partial charge in [0.05, 0.1) is 17.5 Å². The number of rotatable bonds is 8. The Hall–Kier alpha value is -2.38. The molecule has 1 aliphatic rings. The summed E-state index contributed by atoms with van der Waals surface area (Å²) < 4.78 is 27.2. The molecule has 2 N–H and O–H groups in total. The third-order valence-corrected chi connectivity index (χ3v) is 7.86. The summed E-state index contributed by atoms with van der Waals surface area (Å²) in [6.07, 6.45) is 3.04. The highest BCUT2D eigenvalue weighted by atomic mass is 32.2. The second-order valence-corrected chi connectivity index (χ2v) is 9.54. The maximum atomic E-state index is 12.9. The number of carbonyl (C=O) groups is 1. The first kappa shape index (κ1) is 22.3. The molecule has 6 nitrogen and oxygen atoms in total. The van der Waals surface area contributed by atoms with Crippen molar-refractivity contribution in [2.75, 3.05) is 25.0 Å². The predicted octanol–water partition coefficient (Wildman–Crippen LogP) is 3.63. The SMILES string of the molecule is CCN(CC)S(=O)(=O)c1cc(NCC(=O)NC2CCCc3ccccc32)ccc1C. The molecule has 1 aliphatic carbocycles. The number of benzene rings is 2. The average Bonchev–Trinajstić information content (AvgIpc) is 2.74. The van der Waals surface area contributed by atoms with E-state index in [0.29, 0.717) is 24.3 Å². The van der Waals surface area contributed by atoms with E-state index in [4.69, 9.17) is 0 Å². The molecule has 0 heterocycles. The summed E-state index contributed by atoms with van der Waals surface area (Å²) in [6.45, 7) is 6.36. The van der Waals surface area contributed by atoms with Gasteiger partial charge in [-0.1, -0.05) is 44.2 Å². The van der Waals surface area contributed by atoms with Crippen molar-refractivity contribution >= 4 is 21.6 Å². The fourth-order valence-corrected chi connectivity index (χ4v) is 5.73. The van der Waals surface area contributed by atoms with Crippen molar-refractivity contribution in [3.05, 3.63) is 59.2 Å². The fourth-order valence-electron chi connectivity index (χ4n) is 4.02. The van der Waals surface area contributed by atoms with Crippen LogP contribution in [0, 0.1) is 6.92 Å². The number of aryl methyl sites for hydroxylation is 2. The van der Waals surface area contributed by atoms with Crippen molar-refractivity contribution in [2.24, 2.45) is 0 Å². The molecule has 0 fully saturated rings. The zero-order valence-electron chi connectivity index (χ0n) is 17.9. The van der Waals surface area contributed by atoms with Crippen molar-refractivity contribution in [3.63, 3.8) is 0 Å². The summed E-state index contributed by atoms with van der Waals surface area (Å²) >= 11 is 0. The molecule has 1 amide bonds. The van der Waals surface area contributed by atoms with E-state index in [9.17, 15) is 13.2 Å². The van der Waals surface area contributed by atoms with E-state index in [1.54, 1.807) is 25.1 Å². The van der Waals surface area contributed by atoms with Crippen LogP contribution in [0.2, 0.25) is 0 Å². The number of anilines is 1. The van der Waals surface area contributed by atoms with E-state index in [0.717, 1.165) is 19.3 Å². The van der Waals surface area contributed by atoms with Gasteiger partial charge in [-0.3, -0.25) is 4.79 Å². The van der Waals surface area contributed by atoms with Crippen molar-refractivity contribution in [2.45, 2.75) is 51.0 Å². The summed E-state index contributed by atoms with van der Waals surface area (Å²) in [7, 11) is -3.56. The summed E-state index contributed by atoms with van der Waals surface area (Å²) in [5.41, 5.74) is 3.80. The highest BCUT2D eigenvalue weighted by Gasteiger charge is 2.24. The van der Waals surface area contributed by atoms with Crippen LogP contribution in [0.5, 0.6) is 0 Å². The molecule has 0 radical (unpaired) electrons. The molecule has 162 valence electrons. The molecule has 1 atom stereocenters. The van der Waals surface area contributed by atoms with Crippen LogP contribution >= 0.6 is 0 Å². The van der Waals surface area contributed by atoms with Crippen LogP contribution in [0.15, 0.2) is 47.4 Å². The molecule has 0 bridgehead atoms. The Morgan fingerprint density at radius 1 is 1.13 bits per heavy atom. The van der Waals surface area contributed by atoms with Crippen molar-refractivity contribution in [3.8, 4) is 0 Å². The standard InChI is InChI=1S/C23H31N3O3S/c1-4-26(5-2)30(28,29)22-15-19(14-13-17(22)3)24-16-23(27)25-21-12-8-10-18-9-6-7-11-20(18)21/h6-7,9,11,13-15,21,24H,4-5,8,10,12,16H2,1-3H3,(H,25,27). The van der Waals surface area contributed by atoms with E-state index in [1.165, 1.54) is 15.4 Å². The minimum absolute atomic E-state index is 0.0286. The number of nitrogens with one attached hydrogen (secondary N) is 2. The normalized spacial score (nSPS) is 16.2. The van der Waals surface area contributed by atoms with Gasteiger partial charge in [-0.15, -0.1) is 0 Å². The smallest absolute Gasteiger partial charge is 0.243 e. The van der Waals surface area contributed by atoms with E-state index in [-0.39, 0.29) is 23.4 Å². The Morgan fingerprint density at radius 3 is 2.60 bits per heavy atom. The lowest BCUT2D eigenvalue weighted by atomic mass is 9.88. The first-order chi connectivity index (χ1) is 14.4. The lowest BCUT2D eigenvalue weighted by Gasteiger charge is -2.26. The van der Waals surface area contributed by atoms with Gasteiger partial charge in [-0.2, -0.15) is 4.31 Å². The molecule has 0 saturated heterocycles. The molecule has 30 heavy (non-hydrogen) atoms. The van der Waals surface area contributed by atoms with Gasteiger partial charge in [0.15, 0.2) is 0 Å². The average molecular weight is 430 g/mol. The predicted molar refractivity (Wildman–Crippen MR) is 120 cm³/mol. The molecule has 1 unspecified atom stereocenters. The number of fused-ring (bicyclic) bond motifs is 1. The molecule has 2 aromatic carbocycles. The number of carbonyl (C=O) groups excluding carboxylic acids is 1. The summed E-state index contributed by atoms with van der Waals surface area (Å²) in [4.78, 5) is 12.8. The minimum Gasteiger partial charge on any atom is -0.376 e. The van der Waals surface area contributed by atoms with Crippen molar-refractivity contribution < 1.29 is 13.2 Å². The van der Waals surface area contributed by atoms with Gasteiger partial charge in [0.1, 0.15) is 0 Å². The number of amides is 1. The number of hydrogen-bond acceptors (Lipinski definition) is 4. The Bertz CT molecular complexity index is 1000. The van der Waals surface area contributed by atoms with Crippen LogP contribution in [0.25, 0.3) is 0 Å².